The summed E-state index contributed by atoms with van der Waals surface area (Å²) in [5, 5.41) is 32.6. The molecule has 0 bridgehead atoms. The summed E-state index contributed by atoms with van der Waals surface area (Å²) in [5.74, 6) is 0. The summed E-state index contributed by atoms with van der Waals surface area (Å²) in [7, 11) is 0. The summed E-state index contributed by atoms with van der Waals surface area (Å²) < 4.78 is 0. The summed E-state index contributed by atoms with van der Waals surface area (Å²) in [4.78, 5) is 10.3. The highest BCUT2D eigenvalue weighted by molar-refractivity contribution is 5.50. The lowest BCUT2D eigenvalue weighted by Gasteiger charge is -2.25. The van der Waals surface area contributed by atoms with Gasteiger partial charge in [-0.2, -0.15) is 0 Å². The van der Waals surface area contributed by atoms with Gasteiger partial charge < -0.3 is 5.21 Å². The van der Waals surface area contributed by atoms with Crippen LogP contribution >= 0.6 is 0 Å². The second-order valence-corrected chi connectivity index (χ2v) is 4.61. The standard InChI is InChI=1S/C10H14N4O4/c1-10(2,3)12(14(18)11-15)8-4-6-9(7-5-8)13(16)17/h4-7,18H,1-3H3/p+1. The lowest BCUT2D eigenvalue weighted by atomic mass is 10.1. The highest BCUT2D eigenvalue weighted by Crippen LogP contribution is 2.25. The van der Waals surface area contributed by atoms with Crippen LogP contribution in [0.15, 0.2) is 29.5 Å². The van der Waals surface area contributed by atoms with E-state index in [1.165, 1.54) is 29.3 Å². The molecule has 0 heterocycles. The van der Waals surface area contributed by atoms with Crippen LogP contribution in [-0.2, 0) is 0 Å². The van der Waals surface area contributed by atoms with Crippen LogP contribution < -0.4 is 5.01 Å². The second-order valence-electron chi connectivity index (χ2n) is 4.61. The number of rotatable bonds is 3. The van der Waals surface area contributed by atoms with Crippen molar-refractivity contribution in [2.45, 2.75) is 26.3 Å². The number of non-ortho nitro benzene ring substituents is 1. The first-order chi connectivity index (χ1) is 8.27. The first-order valence-electron chi connectivity index (χ1n) is 5.16. The van der Waals surface area contributed by atoms with Crippen LogP contribution in [0, 0.1) is 10.1 Å². The minimum atomic E-state index is -0.586. The first kappa shape index (κ1) is 13.7. The lowest BCUT2D eigenvalue weighted by molar-refractivity contribution is -0.848. The van der Waals surface area contributed by atoms with Crippen molar-refractivity contribution in [1.29, 1.82) is 0 Å². The second kappa shape index (κ2) is 4.86. The van der Waals surface area contributed by atoms with Crippen molar-refractivity contribution in [2.24, 2.45) is 5.28 Å². The zero-order valence-corrected chi connectivity index (χ0v) is 10.3. The fourth-order valence-corrected chi connectivity index (χ4v) is 1.51. The summed E-state index contributed by atoms with van der Waals surface area (Å²) in [6.45, 7) is 5.34. The fourth-order valence-electron chi connectivity index (χ4n) is 1.51. The summed E-state index contributed by atoms with van der Waals surface area (Å²) >= 11 is 0. The molecule has 1 aromatic carbocycles. The third-order valence-corrected chi connectivity index (χ3v) is 2.20. The molecule has 8 heteroatoms. The van der Waals surface area contributed by atoms with Gasteiger partial charge in [-0.15, -0.1) is 0 Å². The predicted molar refractivity (Wildman–Crippen MR) is 61.6 cm³/mol. The van der Waals surface area contributed by atoms with Crippen molar-refractivity contribution in [3.8, 4) is 0 Å². The zero-order valence-electron chi connectivity index (χ0n) is 10.3. The molecule has 2 N–H and O–H groups in total. The van der Waals surface area contributed by atoms with E-state index in [0.29, 0.717) is 5.69 Å². The van der Waals surface area contributed by atoms with Gasteiger partial charge in [0.2, 0.25) is 0 Å². The molecule has 0 aliphatic carbocycles. The highest BCUT2D eigenvalue weighted by Gasteiger charge is 2.34. The van der Waals surface area contributed by atoms with Crippen LogP contribution in [0.4, 0.5) is 11.4 Å². The van der Waals surface area contributed by atoms with E-state index in [4.69, 9.17) is 5.21 Å². The third-order valence-electron chi connectivity index (χ3n) is 2.20. The zero-order chi connectivity index (χ0) is 13.9. The van der Waals surface area contributed by atoms with E-state index in [1.54, 1.807) is 20.8 Å². The molecule has 0 saturated heterocycles. The van der Waals surface area contributed by atoms with Gasteiger partial charge in [0.25, 0.3) is 15.9 Å². The van der Waals surface area contributed by atoms with E-state index in [0.717, 1.165) is 0 Å². The van der Waals surface area contributed by atoms with Crippen LogP contribution in [0.2, 0.25) is 0 Å². The highest BCUT2D eigenvalue weighted by atomic mass is 16.6. The largest absolute Gasteiger partial charge is 0.357 e. The Morgan fingerprint density at radius 1 is 1.28 bits per heavy atom. The Labute approximate surface area is 103 Å². The van der Waals surface area contributed by atoms with Crippen molar-refractivity contribution < 1.29 is 20.3 Å². The summed E-state index contributed by atoms with van der Waals surface area (Å²) in [5.41, 5.74) is -0.191. The molecule has 1 aromatic rings. The topological polar surface area (TPSA) is 102 Å². The minimum Gasteiger partial charge on any atom is -0.357 e. The number of anilines is 1. The SMILES string of the molecule is CC(C)(C)N(c1ccc([N+](=O)[O-])cc1)[N+](O)=NO. The van der Waals surface area contributed by atoms with E-state index in [2.05, 4.69) is 5.28 Å². The van der Waals surface area contributed by atoms with Gasteiger partial charge in [-0.3, -0.25) is 10.1 Å². The minimum absolute atomic E-state index is 0.0574. The number of benzene rings is 1. The van der Waals surface area contributed by atoms with Crippen LogP contribution in [-0.4, -0.2) is 25.8 Å². The maximum atomic E-state index is 10.5. The quantitative estimate of drug-likeness (QED) is 0.373. The Kier molecular flexibility index (Phi) is 3.70. The maximum Gasteiger partial charge on any atom is 0.272 e. The fraction of sp³-hybridized carbons (Fsp3) is 0.400. The molecule has 98 valence electrons. The van der Waals surface area contributed by atoms with Gasteiger partial charge in [-0.1, -0.05) is 5.01 Å². The number of nitro groups is 1. The van der Waals surface area contributed by atoms with Gasteiger partial charge in [0, 0.05) is 12.1 Å². The number of hydrogen-bond donors (Lipinski definition) is 2. The molecular weight excluding hydrogens is 240 g/mol. The third kappa shape index (κ3) is 2.84. The molecule has 0 aromatic heterocycles. The molecule has 0 spiro atoms. The van der Waals surface area contributed by atoms with Crippen molar-refractivity contribution in [1.82, 2.24) is 0 Å². The van der Waals surface area contributed by atoms with Gasteiger partial charge in [0.05, 0.1) is 10.5 Å². The van der Waals surface area contributed by atoms with Gasteiger partial charge >= 0.3 is 0 Å². The van der Waals surface area contributed by atoms with Crippen LogP contribution in [0.3, 0.4) is 0 Å². The number of nitrogens with zero attached hydrogens (tertiary/aromatic N) is 4. The van der Waals surface area contributed by atoms with Crippen LogP contribution in [0.5, 0.6) is 0 Å². The molecule has 0 radical (unpaired) electrons. The maximum absolute atomic E-state index is 10.5. The first-order valence-corrected chi connectivity index (χ1v) is 5.16. The molecule has 0 saturated carbocycles. The van der Waals surface area contributed by atoms with E-state index in [-0.39, 0.29) is 10.7 Å². The molecule has 0 unspecified atom stereocenters. The van der Waals surface area contributed by atoms with Gasteiger partial charge in [0.15, 0.2) is 0 Å². The number of hydrazine groups is 1. The van der Waals surface area contributed by atoms with Gasteiger partial charge in [-0.05, 0) is 32.9 Å². The molecule has 18 heavy (non-hydrogen) atoms. The van der Waals surface area contributed by atoms with Gasteiger partial charge in [0.1, 0.15) is 5.69 Å². The summed E-state index contributed by atoms with van der Waals surface area (Å²) in [6, 6.07) is 5.52. The smallest absolute Gasteiger partial charge is 0.272 e. The Balaban J connectivity index is 3.19. The van der Waals surface area contributed by atoms with E-state index in [1.807, 2.05) is 0 Å². The Morgan fingerprint density at radius 2 is 1.78 bits per heavy atom. The average molecular weight is 255 g/mol. The molecular formula is C10H15N4O4+. The Bertz CT molecular complexity index is 464. The molecule has 0 fully saturated rings. The molecule has 0 aliphatic heterocycles. The monoisotopic (exact) mass is 255 g/mol. The lowest BCUT2D eigenvalue weighted by Crippen LogP contribution is -2.46. The van der Waals surface area contributed by atoms with E-state index < -0.39 is 10.5 Å². The average Bonchev–Trinajstić information content (AvgIpc) is 2.27. The normalized spacial score (nSPS) is 12.3. The number of hydrogen-bond acceptors (Lipinski definition) is 3. The molecule has 0 atom stereocenters. The molecule has 0 amide bonds. The molecule has 1 rings (SSSR count). The van der Waals surface area contributed by atoms with Crippen molar-refractivity contribution in [2.75, 3.05) is 5.01 Å². The predicted octanol–water partition coefficient (Wildman–Crippen LogP) is 2.36. The van der Waals surface area contributed by atoms with E-state index in [9.17, 15) is 15.3 Å². The Morgan fingerprint density at radius 3 is 2.11 bits per heavy atom. The van der Waals surface area contributed by atoms with Gasteiger partial charge in [-0.25, -0.2) is 5.21 Å². The van der Waals surface area contributed by atoms with Crippen molar-refractivity contribution in [3.63, 3.8) is 0 Å². The Hall–Kier alpha value is -2.38. The van der Waals surface area contributed by atoms with Crippen molar-refractivity contribution >= 4 is 11.4 Å². The molecule has 8 nitrogen and oxygen atoms in total. The van der Waals surface area contributed by atoms with E-state index >= 15 is 0 Å². The summed E-state index contributed by atoms with van der Waals surface area (Å²) in [6.07, 6.45) is 0. The van der Waals surface area contributed by atoms with Crippen LogP contribution in [0.25, 0.3) is 0 Å². The van der Waals surface area contributed by atoms with Crippen LogP contribution in [0.1, 0.15) is 20.8 Å². The van der Waals surface area contributed by atoms with Crippen molar-refractivity contribution in [3.05, 3.63) is 34.4 Å². The number of nitro benzene ring substituents is 1. The molecule has 0 aliphatic rings.